The number of sulfonamides is 1. The molecule has 0 radical (unpaired) electrons. The molecule has 10 heteroatoms. The predicted molar refractivity (Wildman–Crippen MR) is 125 cm³/mol. The molecule has 4 rings (SSSR count). The molecule has 2 fully saturated rings. The topological polar surface area (TPSA) is 91.7 Å². The van der Waals surface area contributed by atoms with Crippen LogP contribution in [0.4, 0.5) is 0 Å². The number of likely N-dealkylation sites (tertiary alicyclic amines) is 1. The Balaban J connectivity index is 1.35. The molecular weight excluding hydrogens is 464 g/mol. The van der Waals surface area contributed by atoms with Gasteiger partial charge >= 0.3 is 0 Å². The summed E-state index contributed by atoms with van der Waals surface area (Å²) in [5.74, 6) is -0.431. The average Bonchev–Trinajstić information content (AvgIpc) is 3.48. The van der Waals surface area contributed by atoms with Crippen LogP contribution in [0.1, 0.15) is 41.7 Å². The number of nitrogens with one attached hydrogen (secondary N) is 1. The molecule has 0 aliphatic carbocycles. The maximum Gasteiger partial charge on any atom is 0.270 e. The summed E-state index contributed by atoms with van der Waals surface area (Å²) in [6.07, 6.45) is 4.37. The zero-order chi connectivity index (χ0) is 23.6. The van der Waals surface area contributed by atoms with Gasteiger partial charge < -0.3 is 14.8 Å². The Hall–Kier alpha value is -2.36. The quantitative estimate of drug-likeness (QED) is 0.671. The van der Waals surface area contributed by atoms with Gasteiger partial charge in [-0.1, -0.05) is 23.7 Å². The molecule has 1 N–H and O–H groups in total. The van der Waals surface area contributed by atoms with Gasteiger partial charge in [-0.2, -0.15) is 4.31 Å². The van der Waals surface area contributed by atoms with Gasteiger partial charge in [0.25, 0.3) is 5.91 Å². The molecule has 0 unspecified atom stereocenters. The first kappa shape index (κ1) is 23.8. The summed E-state index contributed by atoms with van der Waals surface area (Å²) in [4.78, 5) is 27.2. The minimum atomic E-state index is -3.73. The van der Waals surface area contributed by atoms with Crippen molar-refractivity contribution in [2.24, 2.45) is 13.0 Å². The molecule has 8 nitrogen and oxygen atoms in total. The first-order valence-corrected chi connectivity index (χ1v) is 13.1. The fourth-order valence-corrected chi connectivity index (χ4v) is 6.08. The van der Waals surface area contributed by atoms with Gasteiger partial charge in [-0.05, 0) is 49.4 Å². The number of aryl methyl sites for hydroxylation is 1. The molecule has 1 aromatic heterocycles. The van der Waals surface area contributed by atoms with E-state index in [4.69, 9.17) is 11.6 Å². The van der Waals surface area contributed by atoms with E-state index in [1.807, 2.05) is 12.1 Å². The lowest BCUT2D eigenvalue weighted by Crippen LogP contribution is -2.42. The van der Waals surface area contributed by atoms with E-state index in [0.29, 0.717) is 43.2 Å². The van der Waals surface area contributed by atoms with Crippen LogP contribution in [0, 0.1) is 5.92 Å². The number of nitrogens with zero attached hydrogens (tertiary/aromatic N) is 3. The number of carbonyl (C=O) groups is 2. The summed E-state index contributed by atoms with van der Waals surface area (Å²) in [7, 11) is -2.04. The molecule has 0 bridgehead atoms. The lowest BCUT2D eigenvalue weighted by molar-refractivity contribution is -0.126. The third-order valence-electron chi connectivity index (χ3n) is 6.43. The molecule has 33 heavy (non-hydrogen) atoms. The Bertz CT molecular complexity index is 1120. The fourth-order valence-electron chi connectivity index (χ4n) is 4.41. The van der Waals surface area contributed by atoms with Crippen LogP contribution in [0.15, 0.2) is 41.4 Å². The van der Waals surface area contributed by atoms with Gasteiger partial charge in [-0.25, -0.2) is 8.42 Å². The molecule has 2 amide bonds. The molecule has 0 saturated carbocycles. The number of amides is 2. The van der Waals surface area contributed by atoms with Crippen molar-refractivity contribution in [3.8, 4) is 0 Å². The average molecular weight is 493 g/mol. The van der Waals surface area contributed by atoms with Crippen molar-refractivity contribution < 1.29 is 18.0 Å². The van der Waals surface area contributed by atoms with E-state index in [-0.39, 0.29) is 35.7 Å². The summed E-state index contributed by atoms with van der Waals surface area (Å²) in [5, 5.41) is 3.57. The zero-order valence-corrected chi connectivity index (χ0v) is 20.2. The van der Waals surface area contributed by atoms with Crippen LogP contribution in [0.25, 0.3) is 0 Å². The lowest BCUT2D eigenvalue weighted by Gasteiger charge is -2.30. The van der Waals surface area contributed by atoms with Crippen LogP contribution in [0.2, 0.25) is 5.02 Å². The van der Waals surface area contributed by atoms with Gasteiger partial charge in [0, 0.05) is 56.9 Å². The predicted octanol–water partition coefficient (Wildman–Crippen LogP) is 2.63. The molecule has 178 valence electrons. The van der Waals surface area contributed by atoms with Gasteiger partial charge in [0.15, 0.2) is 0 Å². The van der Waals surface area contributed by atoms with E-state index < -0.39 is 10.0 Å². The fraction of sp³-hybridized carbons (Fsp3) is 0.478. The SMILES string of the molecule is Cn1cc(S(=O)(=O)N2CCC(C(=O)NCc3ccc(Cl)cc3)CC2)cc1C(=O)N1CCCC1. The highest BCUT2D eigenvalue weighted by atomic mass is 35.5. The summed E-state index contributed by atoms with van der Waals surface area (Å²) >= 11 is 5.88. The normalized spacial score (nSPS) is 17.9. The van der Waals surface area contributed by atoms with Crippen LogP contribution < -0.4 is 5.32 Å². The summed E-state index contributed by atoms with van der Waals surface area (Å²) < 4.78 is 29.4. The maximum absolute atomic E-state index is 13.2. The van der Waals surface area contributed by atoms with Gasteiger partial charge in [-0.15, -0.1) is 0 Å². The number of hydrogen-bond acceptors (Lipinski definition) is 4. The van der Waals surface area contributed by atoms with E-state index in [1.165, 1.54) is 16.6 Å². The van der Waals surface area contributed by atoms with Crippen molar-refractivity contribution in [2.45, 2.75) is 37.1 Å². The van der Waals surface area contributed by atoms with E-state index in [9.17, 15) is 18.0 Å². The Kier molecular flexibility index (Phi) is 7.11. The number of halogens is 1. The van der Waals surface area contributed by atoms with Gasteiger partial charge in [0.1, 0.15) is 10.6 Å². The second-order valence-corrected chi connectivity index (χ2v) is 11.1. The van der Waals surface area contributed by atoms with Crippen molar-refractivity contribution in [3.63, 3.8) is 0 Å². The van der Waals surface area contributed by atoms with Crippen LogP contribution in [0.5, 0.6) is 0 Å². The van der Waals surface area contributed by atoms with Gasteiger partial charge in [0.05, 0.1) is 0 Å². The lowest BCUT2D eigenvalue weighted by atomic mass is 9.97. The second kappa shape index (κ2) is 9.87. The second-order valence-electron chi connectivity index (χ2n) is 8.69. The first-order valence-electron chi connectivity index (χ1n) is 11.2. The number of carbonyl (C=O) groups excluding carboxylic acids is 2. The highest BCUT2D eigenvalue weighted by molar-refractivity contribution is 7.89. The van der Waals surface area contributed by atoms with Gasteiger partial charge in [0.2, 0.25) is 15.9 Å². The molecule has 1 aromatic carbocycles. The van der Waals surface area contributed by atoms with E-state index in [1.54, 1.807) is 28.6 Å². The molecule has 0 spiro atoms. The largest absolute Gasteiger partial charge is 0.352 e. The Morgan fingerprint density at radius 2 is 1.70 bits per heavy atom. The third kappa shape index (κ3) is 5.26. The first-order chi connectivity index (χ1) is 15.8. The Morgan fingerprint density at radius 1 is 1.06 bits per heavy atom. The highest BCUT2D eigenvalue weighted by Crippen LogP contribution is 2.26. The minimum absolute atomic E-state index is 0.0693. The van der Waals surface area contributed by atoms with Crippen molar-refractivity contribution in [3.05, 3.63) is 52.8 Å². The number of aromatic nitrogens is 1. The van der Waals surface area contributed by atoms with Crippen LogP contribution in [-0.2, 0) is 28.4 Å². The zero-order valence-electron chi connectivity index (χ0n) is 18.7. The number of piperidine rings is 1. The van der Waals surface area contributed by atoms with Crippen LogP contribution in [0.3, 0.4) is 0 Å². The van der Waals surface area contributed by atoms with E-state index >= 15 is 0 Å². The third-order valence-corrected chi connectivity index (χ3v) is 8.55. The Labute approximate surface area is 199 Å². The summed E-state index contributed by atoms with van der Waals surface area (Å²) in [6, 6.07) is 8.75. The Morgan fingerprint density at radius 3 is 2.33 bits per heavy atom. The molecular formula is C23H29ClN4O4S. The van der Waals surface area contributed by atoms with E-state index in [0.717, 1.165) is 18.4 Å². The summed E-state index contributed by atoms with van der Waals surface area (Å²) in [6.45, 7) is 2.36. The van der Waals surface area contributed by atoms with Crippen molar-refractivity contribution in [1.82, 2.24) is 19.1 Å². The van der Waals surface area contributed by atoms with Crippen molar-refractivity contribution >= 4 is 33.4 Å². The maximum atomic E-state index is 13.2. The molecule has 3 heterocycles. The molecule has 0 atom stereocenters. The molecule has 2 aliphatic heterocycles. The standard InChI is InChI=1S/C23H29ClN4O4S/c1-26-16-20(14-21(26)23(30)27-10-2-3-11-27)33(31,32)28-12-8-18(9-13-28)22(29)25-15-17-4-6-19(24)7-5-17/h4-7,14,16,18H,2-3,8-13,15H2,1H3,(H,25,29). The molecule has 2 aliphatic rings. The number of rotatable bonds is 6. The van der Waals surface area contributed by atoms with Crippen LogP contribution in [-0.4, -0.2) is 60.2 Å². The van der Waals surface area contributed by atoms with Crippen LogP contribution >= 0.6 is 11.6 Å². The summed E-state index contributed by atoms with van der Waals surface area (Å²) in [5.41, 5.74) is 1.34. The smallest absolute Gasteiger partial charge is 0.270 e. The molecule has 2 saturated heterocycles. The van der Waals surface area contributed by atoms with Crippen molar-refractivity contribution in [1.29, 1.82) is 0 Å². The molecule has 2 aromatic rings. The highest BCUT2D eigenvalue weighted by Gasteiger charge is 2.34. The van der Waals surface area contributed by atoms with E-state index in [2.05, 4.69) is 5.32 Å². The number of hydrogen-bond donors (Lipinski definition) is 1. The monoisotopic (exact) mass is 492 g/mol. The van der Waals surface area contributed by atoms with Gasteiger partial charge in [-0.3, -0.25) is 9.59 Å². The van der Waals surface area contributed by atoms with Crippen molar-refractivity contribution in [2.75, 3.05) is 26.2 Å². The minimum Gasteiger partial charge on any atom is -0.352 e. The number of benzene rings is 1.